The number of carbonyl (C=O) groups is 1. The number of rotatable bonds is 8. The van der Waals surface area contributed by atoms with Gasteiger partial charge in [-0.2, -0.15) is 0 Å². The zero-order chi connectivity index (χ0) is 23.3. The van der Waals surface area contributed by atoms with Gasteiger partial charge in [-0.25, -0.2) is 0 Å². The Morgan fingerprint density at radius 1 is 1.06 bits per heavy atom. The first kappa shape index (κ1) is 30.0. The van der Waals surface area contributed by atoms with Gasteiger partial charge in [0.05, 0.1) is 6.54 Å². The van der Waals surface area contributed by atoms with Crippen LogP contribution in [0.1, 0.15) is 55.2 Å². The minimum absolute atomic E-state index is 0. The maximum Gasteiger partial charge on any atom is 0.253 e. The van der Waals surface area contributed by atoms with Crippen molar-refractivity contribution < 1.29 is 44.5 Å². The zero-order valence-corrected chi connectivity index (χ0v) is 22.2. The Morgan fingerprint density at radius 2 is 1.71 bits per heavy atom. The van der Waals surface area contributed by atoms with Gasteiger partial charge in [0.25, 0.3) is 5.91 Å². The number of phenols is 1. The highest BCUT2D eigenvalue weighted by Gasteiger charge is 2.40. The molecule has 0 spiro atoms. The molecule has 34 heavy (non-hydrogen) atoms. The molecule has 3 rings (SSSR count). The first-order valence-corrected chi connectivity index (χ1v) is 11.9. The minimum Gasteiger partial charge on any atom is -1.00 e. The Bertz CT molecular complexity index is 918. The van der Waals surface area contributed by atoms with E-state index in [1.54, 1.807) is 11.0 Å². The SMILES string of the molecule is C=CC[NH+]1C[C@H](C)[NH+]([C@H](c2ccc(C(=O)N(CC)CC)cc2)c2cccc(O)c2)C[C@H]1C.[Cl-].[Cl-]. The van der Waals surface area contributed by atoms with Gasteiger partial charge in [0.2, 0.25) is 0 Å². The second kappa shape index (κ2) is 13.7. The number of piperazine rings is 1. The molecule has 0 aliphatic carbocycles. The van der Waals surface area contributed by atoms with Gasteiger partial charge in [0, 0.05) is 29.8 Å². The highest BCUT2D eigenvalue weighted by atomic mass is 35.5. The third-order valence-corrected chi connectivity index (χ3v) is 6.96. The van der Waals surface area contributed by atoms with Crippen LogP contribution in [-0.2, 0) is 0 Å². The number of halogens is 2. The molecule has 1 fully saturated rings. The molecule has 1 saturated heterocycles. The quantitative estimate of drug-likeness (QED) is 0.317. The van der Waals surface area contributed by atoms with Crippen LogP contribution in [0, 0.1) is 0 Å². The van der Waals surface area contributed by atoms with Crippen LogP contribution in [0.5, 0.6) is 5.75 Å². The summed E-state index contributed by atoms with van der Waals surface area (Å²) in [5.41, 5.74) is 3.01. The highest BCUT2D eigenvalue weighted by molar-refractivity contribution is 5.94. The van der Waals surface area contributed by atoms with Gasteiger partial charge in [-0.15, -0.1) is 0 Å². The number of carbonyl (C=O) groups excluding carboxylic acids is 1. The van der Waals surface area contributed by atoms with E-state index in [-0.39, 0.29) is 42.5 Å². The second-order valence-corrected chi connectivity index (χ2v) is 9.06. The van der Waals surface area contributed by atoms with E-state index in [0.29, 0.717) is 25.2 Å². The Labute approximate surface area is 217 Å². The lowest BCUT2D eigenvalue weighted by Crippen LogP contribution is -3.32. The summed E-state index contributed by atoms with van der Waals surface area (Å²) in [5.74, 6) is 0.364. The lowest BCUT2D eigenvalue weighted by molar-refractivity contribution is -1.05. The number of quaternary nitrogens is 2. The van der Waals surface area contributed by atoms with Crippen molar-refractivity contribution in [1.82, 2.24) is 4.90 Å². The summed E-state index contributed by atoms with van der Waals surface area (Å²) in [6, 6.07) is 16.8. The Morgan fingerprint density at radius 3 is 2.26 bits per heavy atom. The number of nitrogens with zero attached hydrogens (tertiary/aromatic N) is 1. The fourth-order valence-electron chi connectivity index (χ4n) is 5.13. The van der Waals surface area contributed by atoms with Crippen molar-refractivity contribution in [2.75, 3.05) is 32.7 Å². The molecule has 2 unspecified atom stereocenters. The average Bonchev–Trinajstić information content (AvgIpc) is 2.78. The number of nitrogens with one attached hydrogen (secondary N) is 2. The van der Waals surface area contributed by atoms with Crippen LogP contribution >= 0.6 is 0 Å². The molecule has 0 aromatic heterocycles. The average molecular weight is 509 g/mol. The van der Waals surface area contributed by atoms with E-state index in [4.69, 9.17) is 0 Å². The van der Waals surface area contributed by atoms with E-state index < -0.39 is 0 Å². The van der Waals surface area contributed by atoms with Crippen molar-refractivity contribution in [3.05, 3.63) is 77.9 Å². The van der Waals surface area contributed by atoms with E-state index >= 15 is 0 Å². The van der Waals surface area contributed by atoms with Crippen LogP contribution in [0.15, 0.2) is 61.2 Å². The summed E-state index contributed by atoms with van der Waals surface area (Å²) < 4.78 is 0. The number of phenolic OH excluding ortho intramolecular Hbond substituents is 1. The number of aromatic hydroxyl groups is 1. The van der Waals surface area contributed by atoms with E-state index in [0.717, 1.165) is 30.8 Å². The van der Waals surface area contributed by atoms with E-state index in [9.17, 15) is 9.90 Å². The Hall–Kier alpha value is -2.05. The van der Waals surface area contributed by atoms with Gasteiger partial charge in [0.1, 0.15) is 37.0 Å². The third kappa shape index (κ3) is 6.76. The fraction of sp³-hybridized carbons (Fsp3) is 0.444. The fourth-order valence-corrected chi connectivity index (χ4v) is 5.13. The normalized spacial score (nSPS) is 22.6. The molecule has 3 N–H and O–H groups in total. The Kier molecular flexibility index (Phi) is 12.1. The van der Waals surface area contributed by atoms with Crippen molar-refractivity contribution >= 4 is 5.91 Å². The molecule has 2 aromatic carbocycles. The van der Waals surface area contributed by atoms with E-state index in [1.807, 2.05) is 49.1 Å². The molecule has 0 radical (unpaired) electrons. The summed E-state index contributed by atoms with van der Waals surface area (Å²) in [6.07, 6.45) is 2.02. The molecule has 0 saturated carbocycles. The van der Waals surface area contributed by atoms with Gasteiger partial charge in [-0.3, -0.25) is 4.79 Å². The van der Waals surface area contributed by atoms with Crippen molar-refractivity contribution in [3.63, 3.8) is 0 Å². The summed E-state index contributed by atoms with van der Waals surface area (Å²) >= 11 is 0. The van der Waals surface area contributed by atoms with E-state index in [2.05, 4.69) is 38.6 Å². The first-order valence-electron chi connectivity index (χ1n) is 11.9. The molecule has 1 aliphatic rings. The van der Waals surface area contributed by atoms with Crippen molar-refractivity contribution in [1.29, 1.82) is 0 Å². The molecular weight excluding hydrogens is 469 g/mol. The second-order valence-electron chi connectivity index (χ2n) is 9.06. The van der Waals surface area contributed by atoms with E-state index in [1.165, 1.54) is 10.5 Å². The summed E-state index contributed by atoms with van der Waals surface area (Å²) in [6.45, 7) is 17.1. The summed E-state index contributed by atoms with van der Waals surface area (Å²) in [5, 5.41) is 10.2. The summed E-state index contributed by atoms with van der Waals surface area (Å²) in [4.78, 5) is 17.7. The maximum atomic E-state index is 12.8. The Balaban J connectivity index is 0.00000289. The predicted molar refractivity (Wildman–Crippen MR) is 129 cm³/mol. The molecule has 1 heterocycles. The number of hydrogen-bond donors (Lipinski definition) is 3. The molecule has 5 nitrogen and oxygen atoms in total. The molecule has 7 heteroatoms. The van der Waals surface area contributed by atoms with Gasteiger partial charge in [-0.05, 0) is 58.0 Å². The monoisotopic (exact) mass is 507 g/mol. The topological polar surface area (TPSA) is 49.4 Å². The number of hydrogen-bond acceptors (Lipinski definition) is 2. The molecule has 188 valence electrons. The molecule has 2 aromatic rings. The maximum absolute atomic E-state index is 12.8. The minimum atomic E-state index is 0. The van der Waals surface area contributed by atoms with Gasteiger partial charge in [-0.1, -0.05) is 30.8 Å². The predicted octanol–water partition coefficient (Wildman–Crippen LogP) is -4.28. The van der Waals surface area contributed by atoms with Crippen LogP contribution < -0.4 is 34.6 Å². The van der Waals surface area contributed by atoms with Crippen LogP contribution in [0.4, 0.5) is 0 Å². The lowest BCUT2D eigenvalue weighted by atomic mass is 9.92. The lowest BCUT2D eigenvalue weighted by Gasteiger charge is -2.42. The van der Waals surface area contributed by atoms with Gasteiger partial charge in [0.15, 0.2) is 0 Å². The van der Waals surface area contributed by atoms with Crippen molar-refractivity contribution in [3.8, 4) is 5.75 Å². The third-order valence-electron chi connectivity index (χ3n) is 6.96. The zero-order valence-electron chi connectivity index (χ0n) is 20.7. The molecule has 1 amide bonds. The molecule has 0 bridgehead atoms. The molecular formula is C27H39Cl2N3O2. The largest absolute Gasteiger partial charge is 1.00 e. The van der Waals surface area contributed by atoms with Crippen LogP contribution in [-0.4, -0.2) is 60.7 Å². The van der Waals surface area contributed by atoms with Crippen LogP contribution in [0.3, 0.4) is 0 Å². The van der Waals surface area contributed by atoms with Crippen molar-refractivity contribution in [2.24, 2.45) is 0 Å². The molecule has 5 atom stereocenters. The van der Waals surface area contributed by atoms with Crippen LogP contribution in [0.25, 0.3) is 0 Å². The van der Waals surface area contributed by atoms with Gasteiger partial charge < -0.3 is 44.6 Å². The van der Waals surface area contributed by atoms with Crippen molar-refractivity contribution in [2.45, 2.75) is 45.8 Å². The number of benzene rings is 2. The highest BCUT2D eigenvalue weighted by Crippen LogP contribution is 2.24. The van der Waals surface area contributed by atoms with Gasteiger partial charge >= 0.3 is 0 Å². The standard InChI is InChI=1S/C27H37N3O2.2ClH/c1-6-16-29-18-21(5)30(19-20(29)4)26(24-10-9-11-25(31)17-24)22-12-14-23(15-13-22)27(32)28(7-2)8-3;;/h6,9-15,17,20-21,26,31H,1,7-8,16,18-19H2,2-5H3;2*1H/t20-,21+,26-;;/m1../s1. The van der Waals surface area contributed by atoms with Crippen LogP contribution in [0.2, 0.25) is 0 Å². The smallest absolute Gasteiger partial charge is 0.253 e. The molecule has 1 aliphatic heterocycles. The number of amides is 1. The summed E-state index contributed by atoms with van der Waals surface area (Å²) in [7, 11) is 0. The first-order chi connectivity index (χ1) is 15.4.